The maximum absolute atomic E-state index is 11.8. The van der Waals surface area contributed by atoms with Gasteiger partial charge < -0.3 is 16.2 Å². The molecule has 4 nitrogen and oxygen atoms in total. The second kappa shape index (κ2) is 6.05. The molecule has 0 radical (unpaired) electrons. The van der Waals surface area contributed by atoms with Gasteiger partial charge in [0.15, 0.2) is 0 Å². The first kappa shape index (κ1) is 13.2. The lowest BCUT2D eigenvalue weighted by Crippen LogP contribution is -2.39. The Morgan fingerprint density at radius 2 is 2.31 bits per heavy atom. The van der Waals surface area contributed by atoms with Crippen molar-refractivity contribution in [3.05, 3.63) is 27.3 Å². The Kier molecular flexibility index (Phi) is 5.01. The van der Waals surface area contributed by atoms with Crippen molar-refractivity contribution in [3.63, 3.8) is 0 Å². The van der Waals surface area contributed by atoms with Gasteiger partial charge in [0.05, 0.1) is 5.56 Å². The molecule has 88 valence electrons. The van der Waals surface area contributed by atoms with Crippen molar-refractivity contribution in [2.75, 3.05) is 6.54 Å². The van der Waals surface area contributed by atoms with E-state index in [0.717, 1.165) is 9.99 Å². The highest BCUT2D eigenvalue weighted by atomic mass is 127. The Labute approximate surface area is 108 Å². The van der Waals surface area contributed by atoms with E-state index in [-0.39, 0.29) is 17.7 Å². The molecule has 1 amide bonds. The van der Waals surface area contributed by atoms with Crippen LogP contribution < -0.4 is 11.1 Å². The van der Waals surface area contributed by atoms with Crippen LogP contribution in [0, 0.1) is 3.57 Å². The van der Waals surface area contributed by atoms with Gasteiger partial charge in [-0.25, -0.2) is 0 Å². The second-order valence-corrected chi connectivity index (χ2v) is 4.72. The number of hydrogen-bond donors (Lipinski definition) is 3. The highest BCUT2D eigenvalue weighted by Gasteiger charge is 2.14. The fourth-order valence-corrected chi connectivity index (χ4v) is 1.77. The van der Waals surface area contributed by atoms with Gasteiger partial charge in [0, 0.05) is 16.2 Å². The number of carbonyl (C=O) groups is 1. The van der Waals surface area contributed by atoms with Crippen LogP contribution in [-0.2, 0) is 0 Å². The minimum Gasteiger partial charge on any atom is -0.507 e. The fourth-order valence-electron chi connectivity index (χ4n) is 1.28. The summed E-state index contributed by atoms with van der Waals surface area (Å²) in [5.74, 6) is -0.293. The Morgan fingerprint density at radius 1 is 1.62 bits per heavy atom. The summed E-state index contributed by atoms with van der Waals surface area (Å²) in [6.45, 7) is 2.35. The smallest absolute Gasteiger partial charge is 0.255 e. The van der Waals surface area contributed by atoms with Crippen LogP contribution in [0.1, 0.15) is 23.7 Å². The third kappa shape index (κ3) is 3.34. The molecular formula is C11H15IN2O2. The first-order valence-electron chi connectivity index (χ1n) is 5.08. The number of halogens is 1. The maximum atomic E-state index is 11.8. The highest BCUT2D eigenvalue weighted by molar-refractivity contribution is 14.1. The molecule has 0 bridgehead atoms. The normalized spacial score (nSPS) is 12.2. The number of aromatic hydroxyl groups is 1. The summed E-state index contributed by atoms with van der Waals surface area (Å²) in [7, 11) is 0. The Morgan fingerprint density at radius 3 is 2.88 bits per heavy atom. The monoisotopic (exact) mass is 334 g/mol. The number of rotatable bonds is 4. The van der Waals surface area contributed by atoms with Crippen LogP contribution in [0.25, 0.3) is 0 Å². The van der Waals surface area contributed by atoms with Crippen LogP contribution in [0.15, 0.2) is 18.2 Å². The molecule has 1 aromatic carbocycles. The molecule has 1 unspecified atom stereocenters. The first-order valence-corrected chi connectivity index (χ1v) is 6.15. The molecule has 4 N–H and O–H groups in total. The van der Waals surface area contributed by atoms with Crippen LogP contribution in [0.3, 0.4) is 0 Å². The molecule has 0 aliphatic rings. The molecule has 0 aliphatic heterocycles. The summed E-state index contributed by atoms with van der Waals surface area (Å²) >= 11 is 2.09. The van der Waals surface area contributed by atoms with Gasteiger partial charge >= 0.3 is 0 Å². The van der Waals surface area contributed by atoms with Gasteiger partial charge in [-0.3, -0.25) is 4.79 Å². The topological polar surface area (TPSA) is 75.3 Å². The summed E-state index contributed by atoms with van der Waals surface area (Å²) in [5, 5.41) is 12.3. The zero-order valence-corrected chi connectivity index (χ0v) is 11.2. The van der Waals surface area contributed by atoms with Gasteiger partial charge in [-0.2, -0.15) is 0 Å². The van der Waals surface area contributed by atoms with Gasteiger partial charge in [0.1, 0.15) is 5.75 Å². The van der Waals surface area contributed by atoms with Gasteiger partial charge in [-0.05, 0) is 47.2 Å². The van der Waals surface area contributed by atoms with Crippen molar-refractivity contribution < 1.29 is 9.90 Å². The van der Waals surface area contributed by atoms with Crippen molar-refractivity contribution in [2.45, 2.75) is 19.4 Å². The molecule has 0 spiro atoms. The Hall–Kier alpha value is -0.820. The van der Waals surface area contributed by atoms with Crippen molar-refractivity contribution in [1.82, 2.24) is 5.32 Å². The average molecular weight is 334 g/mol. The summed E-state index contributed by atoms with van der Waals surface area (Å²) in [6, 6.07) is 4.85. The van der Waals surface area contributed by atoms with Gasteiger partial charge in [0.25, 0.3) is 5.91 Å². The van der Waals surface area contributed by atoms with E-state index < -0.39 is 0 Å². The molecule has 16 heavy (non-hydrogen) atoms. The molecule has 0 saturated carbocycles. The van der Waals surface area contributed by atoms with E-state index in [0.29, 0.717) is 12.1 Å². The summed E-state index contributed by atoms with van der Waals surface area (Å²) in [6.07, 6.45) is 0.771. The lowest BCUT2D eigenvalue weighted by atomic mass is 10.1. The van der Waals surface area contributed by atoms with Crippen LogP contribution in [0.2, 0.25) is 0 Å². The zero-order valence-electron chi connectivity index (χ0n) is 9.03. The number of phenolic OH excluding ortho intramolecular Hbond substituents is 1. The van der Waals surface area contributed by atoms with Gasteiger partial charge in [-0.1, -0.05) is 6.92 Å². The van der Waals surface area contributed by atoms with Crippen molar-refractivity contribution >= 4 is 28.5 Å². The lowest BCUT2D eigenvalue weighted by Gasteiger charge is -2.15. The second-order valence-electron chi connectivity index (χ2n) is 3.48. The SMILES string of the molecule is CCC(CN)NC(=O)c1cc(I)ccc1O. The molecule has 0 heterocycles. The lowest BCUT2D eigenvalue weighted by molar-refractivity contribution is 0.0934. The quantitative estimate of drug-likeness (QED) is 0.730. The largest absolute Gasteiger partial charge is 0.507 e. The number of amides is 1. The van der Waals surface area contributed by atoms with E-state index in [1.807, 2.05) is 6.92 Å². The van der Waals surface area contributed by atoms with E-state index in [1.54, 1.807) is 12.1 Å². The molecule has 0 fully saturated rings. The molecule has 0 saturated heterocycles. The third-order valence-electron chi connectivity index (χ3n) is 2.32. The minimum absolute atomic E-state index is 0.00945. The number of nitrogens with two attached hydrogens (primary N) is 1. The van der Waals surface area contributed by atoms with Crippen LogP contribution in [0.4, 0.5) is 0 Å². The van der Waals surface area contributed by atoms with Crippen LogP contribution in [-0.4, -0.2) is 23.6 Å². The van der Waals surface area contributed by atoms with E-state index in [9.17, 15) is 9.90 Å². The summed E-state index contributed by atoms with van der Waals surface area (Å²) in [5.41, 5.74) is 5.79. The molecule has 1 rings (SSSR count). The zero-order chi connectivity index (χ0) is 12.1. The average Bonchev–Trinajstić information content (AvgIpc) is 2.28. The Bertz CT molecular complexity index is 378. The molecule has 1 atom stereocenters. The molecule has 0 aromatic heterocycles. The predicted molar refractivity (Wildman–Crippen MR) is 71.4 cm³/mol. The van der Waals surface area contributed by atoms with E-state index >= 15 is 0 Å². The predicted octanol–water partition coefficient (Wildman–Crippen LogP) is 1.46. The van der Waals surface area contributed by atoms with Crippen molar-refractivity contribution in [3.8, 4) is 5.75 Å². The maximum Gasteiger partial charge on any atom is 0.255 e. The van der Waals surface area contributed by atoms with E-state index in [2.05, 4.69) is 27.9 Å². The standard InChI is InChI=1S/C11H15IN2O2/c1-2-8(6-13)14-11(16)9-5-7(12)3-4-10(9)15/h3-5,8,15H,2,6,13H2,1H3,(H,14,16). The van der Waals surface area contributed by atoms with Crippen molar-refractivity contribution in [1.29, 1.82) is 0 Å². The number of nitrogens with one attached hydrogen (secondary N) is 1. The Balaban J connectivity index is 2.83. The van der Waals surface area contributed by atoms with Gasteiger partial charge in [0.2, 0.25) is 0 Å². The minimum atomic E-state index is -0.284. The van der Waals surface area contributed by atoms with Crippen LogP contribution >= 0.6 is 22.6 Å². The number of benzene rings is 1. The van der Waals surface area contributed by atoms with Gasteiger partial charge in [-0.15, -0.1) is 0 Å². The summed E-state index contributed by atoms with van der Waals surface area (Å²) in [4.78, 5) is 11.8. The number of carbonyl (C=O) groups excluding carboxylic acids is 1. The third-order valence-corrected chi connectivity index (χ3v) is 2.99. The number of phenols is 1. The fraction of sp³-hybridized carbons (Fsp3) is 0.364. The molecule has 5 heteroatoms. The molecular weight excluding hydrogens is 319 g/mol. The van der Waals surface area contributed by atoms with E-state index in [1.165, 1.54) is 6.07 Å². The number of hydrogen-bond acceptors (Lipinski definition) is 3. The first-order chi connectivity index (χ1) is 7.58. The van der Waals surface area contributed by atoms with Crippen LogP contribution in [0.5, 0.6) is 5.75 Å². The molecule has 0 aliphatic carbocycles. The van der Waals surface area contributed by atoms with Crippen molar-refractivity contribution in [2.24, 2.45) is 5.73 Å². The summed E-state index contributed by atoms with van der Waals surface area (Å²) < 4.78 is 0.904. The highest BCUT2D eigenvalue weighted by Crippen LogP contribution is 2.19. The van der Waals surface area contributed by atoms with E-state index in [4.69, 9.17) is 5.73 Å². The molecule has 1 aromatic rings.